The van der Waals surface area contributed by atoms with Crippen LogP contribution in [0.4, 0.5) is 0 Å². The Morgan fingerprint density at radius 3 is 1.64 bits per heavy atom. The molecule has 0 saturated heterocycles. The van der Waals surface area contributed by atoms with Gasteiger partial charge in [-0.3, -0.25) is 0 Å². The standard InChI is InChI=1S/C22H22O3/c1-12-10-20(24)14(3)8-17(12)16-6-5-7-19(23)22(16)18-9-15(4)21(25)11-13(18)2/h5-11,23-25H,1-4H3. The largest absolute Gasteiger partial charge is 0.508 e. The highest BCUT2D eigenvalue weighted by atomic mass is 16.3. The SMILES string of the molecule is Cc1cc(-c2cccc(O)c2-c2cc(C)c(O)cc2C)c(C)cc1O. The molecular weight excluding hydrogens is 312 g/mol. The molecule has 3 heteroatoms. The number of aryl methyl sites for hydroxylation is 4. The number of rotatable bonds is 2. The lowest BCUT2D eigenvalue weighted by Gasteiger charge is -2.17. The summed E-state index contributed by atoms with van der Waals surface area (Å²) >= 11 is 0. The monoisotopic (exact) mass is 334 g/mol. The molecule has 0 amide bonds. The quantitative estimate of drug-likeness (QED) is 0.590. The smallest absolute Gasteiger partial charge is 0.124 e. The summed E-state index contributed by atoms with van der Waals surface area (Å²) in [6.45, 7) is 7.56. The molecule has 0 radical (unpaired) electrons. The molecule has 0 spiro atoms. The summed E-state index contributed by atoms with van der Waals surface area (Å²) in [5.41, 5.74) is 6.84. The summed E-state index contributed by atoms with van der Waals surface area (Å²) in [5, 5.41) is 30.5. The molecule has 3 rings (SSSR count). The van der Waals surface area contributed by atoms with Crippen molar-refractivity contribution in [2.75, 3.05) is 0 Å². The summed E-state index contributed by atoms with van der Waals surface area (Å²) in [4.78, 5) is 0. The van der Waals surface area contributed by atoms with Crippen LogP contribution in [0.25, 0.3) is 22.3 Å². The highest BCUT2D eigenvalue weighted by Gasteiger charge is 2.17. The van der Waals surface area contributed by atoms with E-state index in [1.807, 2.05) is 52.0 Å². The fourth-order valence-electron chi connectivity index (χ4n) is 3.21. The zero-order chi connectivity index (χ0) is 18.3. The van der Waals surface area contributed by atoms with Gasteiger partial charge in [0.25, 0.3) is 0 Å². The fourth-order valence-corrected chi connectivity index (χ4v) is 3.21. The number of hydrogen-bond acceptors (Lipinski definition) is 3. The van der Waals surface area contributed by atoms with E-state index < -0.39 is 0 Å². The van der Waals surface area contributed by atoms with Crippen molar-refractivity contribution in [3.05, 3.63) is 64.7 Å². The van der Waals surface area contributed by atoms with Crippen molar-refractivity contribution in [3.63, 3.8) is 0 Å². The minimum Gasteiger partial charge on any atom is -0.508 e. The van der Waals surface area contributed by atoms with Gasteiger partial charge in [-0.2, -0.15) is 0 Å². The zero-order valence-corrected chi connectivity index (χ0v) is 14.9. The van der Waals surface area contributed by atoms with E-state index in [4.69, 9.17) is 0 Å². The Kier molecular flexibility index (Phi) is 4.17. The fraction of sp³-hybridized carbons (Fsp3) is 0.182. The molecule has 0 aromatic heterocycles. The van der Waals surface area contributed by atoms with Gasteiger partial charge in [0.15, 0.2) is 0 Å². The van der Waals surface area contributed by atoms with Gasteiger partial charge in [0.05, 0.1) is 0 Å². The molecule has 0 aliphatic carbocycles. The van der Waals surface area contributed by atoms with E-state index in [0.29, 0.717) is 0 Å². The second-order valence-electron chi connectivity index (χ2n) is 6.61. The molecular formula is C22H22O3. The van der Waals surface area contributed by atoms with Crippen LogP contribution in [0.2, 0.25) is 0 Å². The Bertz CT molecular complexity index is 971. The first-order valence-corrected chi connectivity index (χ1v) is 8.22. The van der Waals surface area contributed by atoms with Crippen LogP contribution < -0.4 is 0 Å². The average Bonchev–Trinajstić information content (AvgIpc) is 2.55. The second-order valence-corrected chi connectivity index (χ2v) is 6.61. The number of aromatic hydroxyl groups is 3. The zero-order valence-electron chi connectivity index (χ0n) is 14.9. The Balaban J connectivity index is 2.34. The third-order valence-corrected chi connectivity index (χ3v) is 4.69. The highest BCUT2D eigenvalue weighted by Crippen LogP contribution is 2.43. The van der Waals surface area contributed by atoms with Gasteiger partial charge in [-0.1, -0.05) is 12.1 Å². The molecule has 3 N–H and O–H groups in total. The molecule has 0 aliphatic rings. The molecule has 0 fully saturated rings. The summed E-state index contributed by atoms with van der Waals surface area (Å²) < 4.78 is 0. The molecule has 0 saturated carbocycles. The van der Waals surface area contributed by atoms with Gasteiger partial charge in [0.2, 0.25) is 0 Å². The first-order chi connectivity index (χ1) is 11.8. The third-order valence-electron chi connectivity index (χ3n) is 4.69. The summed E-state index contributed by atoms with van der Waals surface area (Å²) in [6.07, 6.45) is 0. The van der Waals surface area contributed by atoms with Gasteiger partial charge < -0.3 is 15.3 Å². The van der Waals surface area contributed by atoms with Gasteiger partial charge in [-0.15, -0.1) is 0 Å². The number of phenols is 3. The average molecular weight is 334 g/mol. The predicted octanol–water partition coefficient (Wildman–Crippen LogP) is 5.37. The van der Waals surface area contributed by atoms with E-state index in [2.05, 4.69) is 0 Å². The van der Waals surface area contributed by atoms with E-state index >= 15 is 0 Å². The van der Waals surface area contributed by atoms with Crippen LogP contribution >= 0.6 is 0 Å². The molecule has 0 bridgehead atoms. The lowest BCUT2D eigenvalue weighted by Crippen LogP contribution is -1.93. The van der Waals surface area contributed by atoms with Gasteiger partial charge in [-0.05, 0) is 97.0 Å². The molecule has 0 aliphatic heterocycles. The van der Waals surface area contributed by atoms with Gasteiger partial charge in [-0.25, -0.2) is 0 Å². The maximum Gasteiger partial charge on any atom is 0.124 e. The Hall–Kier alpha value is -2.94. The van der Waals surface area contributed by atoms with Crippen molar-refractivity contribution in [1.29, 1.82) is 0 Å². The van der Waals surface area contributed by atoms with Crippen molar-refractivity contribution in [3.8, 4) is 39.5 Å². The summed E-state index contributed by atoms with van der Waals surface area (Å²) in [6, 6.07) is 12.7. The maximum absolute atomic E-state index is 10.6. The Morgan fingerprint density at radius 1 is 0.520 bits per heavy atom. The molecule has 25 heavy (non-hydrogen) atoms. The van der Waals surface area contributed by atoms with Gasteiger partial charge >= 0.3 is 0 Å². The van der Waals surface area contributed by atoms with Crippen LogP contribution in [0.5, 0.6) is 17.2 Å². The summed E-state index contributed by atoms with van der Waals surface area (Å²) in [5.74, 6) is 0.699. The minimum absolute atomic E-state index is 0.191. The lowest BCUT2D eigenvalue weighted by atomic mass is 9.88. The molecule has 0 atom stereocenters. The normalized spacial score (nSPS) is 10.9. The van der Waals surface area contributed by atoms with Crippen LogP contribution in [-0.4, -0.2) is 15.3 Å². The van der Waals surface area contributed by atoms with E-state index in [9.17, 15) is 15.3 Å². The van der Waals surface area contributed by atoms with Crippen molar-refractivity contribution >= 4 is 0 Å². The van der Waals surface area contributed by atoms with Crippen molar-refractivity contribution in [2.24, 2.45) is 0 Å². The molecule has 0 unspecified atom stereocenters. The van der Waals surface area contributed by atoms with Crippen molar-refractivity contribution in [2.45, 2.75) is 27.7 Å². The Morgan fingerprint density at radius 2 is 1.04 bits per heavy atom. The third kappa shape index (κ3) is 2.93. The molecule has 3 nitrogen and oxygen atoms in total. The van der Waals surface area contributed by atoms with Crippen LogP contribution in [0.15, 0.2) is 42.5 Å². The highest BCUT2D eigenvalue weighted by molar-refractivity contribution is 5.90. The number of phenolic OH excluding ortho intramolecular Hbond substituents is 3. The first kappa shape index (κ1) is 16.9. The van der Waals surface area contributed by atoms with Gasteiger partial charge in [0.1, 0.15) is 17.2 Å². The van der Waals surface area contributed by atoms with Crippen molar-refractivity contribution in [1.82, 2.24) is 0 Å². The number of benzene rings is 3. The van der Waals surface area contributed by atoms with Gasteiger partial charge in [0, 0.05) is 5.56 Å². The van der Waals surface area contributed by atoms with E-state index in [1.54, 1.807) is 18.2 Å². The topological polar surface area (TPSA) is 60.7 Å². The summed E-state index contributed by atoms with van der Waals surface area (Å²) in [7, 11) is 0. The van der Waals surface area contributed by atoms with E-state index in [0.717, 1.165) is 44.5 Å². The maximum atomic E-state index is 10.6. The molecule has 3 aromatic rings. The van der Waals surface area contributed by atoms with E-state index in [-0.39, 0.29) is 17.2 Å². The van der Waals surface area contributed by atoms with Crippen LogP contribution in [-0.2, 0) is 0 Å². The van der Waals surface area contributed by atoms with Crippen molar-refractivity contribution < 1.29 is 15.3 Å². The molecule has 128 valence electrons. The molecule has 3 aromatic carbocycles. The lowest BCUT2D eigenvalue weighted by molar-refractivity contribution is 0.470. The number of hydrogen-bond donors (Lipinski definition) is 3. The first-order valence-electron chi connectivity index (χ1n) is 8.22. The van der Waals surface area contributed by atoms with Crippen LogP contribution in [0.3, 0.4) is 0 Å². The van der Waals surface area contributed by atoms with Crippen LogP contribution in [0.1, 0.15) is 22.3 Å². The Labute approximate surface area is 147 Å². The molecule has 0 heterocycles. The van der Waals surface area contributed by atoms with Crippen LogP contribution in [0, 0.1) is 27.7 Å². The van der Waals surface area contributed by atoms with E-state index in [1.165, 1.54) is 0 Å². The predicted molar refractivity (Wildman–Crippen MR) is 101 cm³/mol. The second kappa shape index (κ2) is 6.17. The minimum atomic E-state index is 0.191.